The summed E-state index contributed by atoms with van der Waals surface area (Å²) in [5, 5.41) is 16.7. The lowest BCUT2D eigenvalue weighted by molar-refractivity contribution is 0.0696. The van der Waals surface area contributed by atoms with Gasteiger partial charge in [-0.1, -0.05) is 6.92 Å². The Hall–Kier alpha value is -2.24. The van der Waals surface area contributed by atoms with Gasteiger partial charge in [-0.3, -0.25) is 4.57 Å². The minimum atomic E-state index is -1.02. The van der Waals surface area contributed by atoms with E-state index >= 15 is 0 Å². The normalized spacial score (nSPS) is 10.4. The second-order valence-electron chi connectivity index (χ2n) is 3.54. The van der Waals surface area contributed by atoms with Gasteiger partial charge in [0.1, 0.15) is 11.4 Å². The third-order valence-electron chi connectivity index (χ3n) is 2.35. The maximum absolute atomic E-state index is 11.1. The lowest BCUT2D eigenvalue weighted by Gasteiger charge is -2.07. The molecule has 6 heteroatoms. The molecule has 2 aromatic heterocycles. The molecule has 0 aliphatic carbocycles. The van der Waals surface area contributed by atoms with Gasteiger partial charge >= 0.3 is 5.97 Å². The zero-order valence-corrected chi connectivity index (χ0v) is 9.37. The van der Waals surface area contributed by atoms with E-state index in [-0.39, 0.29) is 5.56 Å². The fourth-order valence-electron chi connectivity index (χ4n) is 1.60. The first kappa shape index (κ1) is 11.3. The number of carboxylic acids is 1. The molecule has 0 bridgehead atoms. The second kappa shape index (κ2) is 4.73. The Morgan fingerprint density at radius 3 is 3.00 bits per heavy atom. The monoisotopic (exact) mass is 232 g/mol. The number of carbonyl (C=O) groups is 1. The number of aryl methyl sites for hydroxylation is 1. The number of imidazole rings is 1. The van der Waals surface area contributed by atoms with Gasteiger partial charge in [-0.15, -0.1) is 5.10 Å². The Bertz CT molecular complexity index is 536. The van der Waals surface area contributed by atoms with E-state index in [1.54, 1.807) is 17.0 Å². The number of hydrogen-bond acceptors (Lipinski definition) is 4. The van der Waals surface area contributed by atoms with Gasteiger partial charge in [-0.2, -0.15) is 5.10 Å². The summed E-state index contributed by atoms with van der Waals surface area (Å²) in [5.74, 6) is 0.0718. The van der Waals surface area contributed by atoms with Crippen molar-refractivity contribution in [3.63, 3.8) is 0 Å². The molecule has 0 amide bonds. The molecule has 2 aromatic rings. The standard InChI is InChI=1S/C11H12N4O2/c1-2-3-9-12-6-7-15(9)10-8(11(16)17)4-5-13-14-10/h4-7H,2-3H2,1H3,(H,16,17). The fraction of sp³-hybridized carbons (Fsp3) is 0.273. The van der Waals surface area contributed by atoms with Crippen molar-refractivity contribution >= 4 is 5.97 Å². The summed E-state index contributed by atoms with van der Waals surface area (Å²) >= 11 is 0. The van der Waals surface area contributed by atoms with E-state index in [1.807, 2.05) is 6.92 Å². The van der Waals surface area contributed by atoms with Crippen molar-refractivity contribution in [2.75, 3.05) is 0 Å². The number of carboxylic acid groups (broad SMARTS) is 1. The number of hydrogen-bond donors (Lipinski definition) is 1. The molecular formula is C11H12N4O2. The van der Waals surface area contributed by atoms with Crippen LogP contribution in [0.2, 0.25) is 0 Å². The molecule has 0 radical (unpaired) electrons. The quantitative estimate of drug-likeness (QED) is 0.859. The summed E-state index contributed by atoms with van der Waals surface area (Å²) < 4.78 is 1.67. The van der Waals surface area contributed by atoms with Crippen LogP contribution in [0.3, 0.4) is 0 Å². The van der Waals surface area contributed by atoms with Crippen molar-refractivity contribution in [3.05, 3.63) is 36.0 Å². The summed E-state index contributed by atoms with van der Waals surface area (Å²) in [7, 11) is 0. The van der Waals surface area contributed by atoms with Gasteiger partial charge in [0, 0.05) is 18.8 Å². The van der Waals surface area contributed by atoms with Crippen LogP contribution in [0.15, 0.2) is 24.7 Å². The van der Waals surface area contributed by atoms with Crippen LogP contribution in [0.5, 0.6) is 0 Å². The van der Waals surface area contributed by atoms with Gasteiger partial charge in [0.15, 0.2) is 5.82 Å². The highest BCUT2D eigenvalue weighted by Crippen LogP contribution is 2.13. The SMILES string of the molecule is CCCc1nccn1-c1nnccc1C(=O)O. The van der Waals surface area contributed by atoms with Crippen LogP contribution in [0.4, 0.5) is 0 Å². The predicted octanol–water partition coefficient (Wildman–Crippen LogP) is 1.31. The maximum atomic E-state index is 11.1. The fourth-order valence-corrected chi connectivity index (χ4v) is 1.60. The molecule has 0 aliphatic heterocycles. The Labute approximate surface area is 98.0 Å². The summed E-state index contributed by atoms with van der Waals surface area (Å²) in [6, 6.07) is 1.43. The van der Waals surface area contributed by atoms with Crippen molar-refractivity contribution in [3.8, 4) is 5.82 Å². The molecule has 0 fully saturated rings. The van der Waals surface area contributed by atoms with Crippen molar-refractivity contribution in [2.45, 2.75) is 19.8 Å². The zero-order valence-electron chi connectivity index (χ0n) is 9.37. The average Bonchev–Trinajstić information content (AvgIpc) is 2.77. The third-order valence-corrected chi connectivity index (χ3v) is 2.35. The van der Waals surface area contributed by atoms with Crippen LogP contribution in [0.25, 0.3) is 5.82 Å². The van der Waals surface area contributed by atoms with Crippen molar-refractivity contribution < 1.29 is 9.90 Å². The lowest BCUT2D eigenvalue weighted by Crippen LogP contribution is -2.10. The van der Waals surface area contributed by atoms with E-state index in [2.05, 4.69) is 15.2 Å². The van der Waals surface area contributed by atoms with Crippen LogP contribution >= 0.6 is 0 Å². The molecule has 0 saturated heterocycles. The van der Waals surface area contributed by atoms with Crippen molar-refractivity contribution in [1.82, 2.24) is 19.7 Å². The highest BCUT2D eigenvalue weighted by atomic mass is 16.4. The summed E-state index contributed by atoms with van der Waals surface area (Å²) in [6.45, 7) is 2.04. The Morgan fingerprint density at radius 2 is 2.29 bits per heavy atom. The summed E-state index contributed by atoms with van der Waals surface area (Å²) in [6.07, 6.45) is 6.39. The highest BCUT2D eigenvalue weighted by molar-refractivity contribution is 5.90. The van der Waals surface area contributed by atoms with E-state index in [4.69, 9.17) is 5.11 Å². The number of aromatic nitrogens is 4. The molecule has 6 nitrogen and oxygen atoms in total. The van der Waals surface area contributed by atoms with E-state index in [0.29, 0.717) is 5.82 Å². The summed E-state index contributed by atoms with van der Waals surface area (Å²) in [4.78, 5) is 15.3. The Morgan fingerprint density at radius 1 is 1.47 bits per heavy atom. The second-order valence-corrected chi connectivity index (χ2v) is 3.54. The molecule has 0 spiro atoms. The van der Waals surface area contributed by atoms with Gasteiger partial charge in [-0.05, 0) is 12.5 Å². The van der Waals surface area contributed by atoms with Crippen LogP contribution in [-0.4, -0.2) is 30.8 Å². The molecule has 88 valence electrons. The Kier molecular flexibility index (Phi) is 3.13. The van der Waals surface area contributed by atoms with Crippen LogP contribution in [0.1, 0.15) is 29.5 Å². The first-order valence-electron chi connectivity index (χ1n) is 5.31. The molecule has 0 saturated carbocycles. The Balaban J connectivity index is 2.52. The molecular weight excluding hydrogens is 220 g/mol. The topological polar surface area (TPSA) is 80.9 Å². The van der Waals surface area contributed by atoms with Gasteiger partial charge in [0.05, 0.1) is 6.20 Å². The molecule has 0 unspecified atom stereocenters. The van der Waals surface area contributed by atoms with Gasteiger partial charge in [-0.25, -0.2) is 9.78 Å². The molecule has 0 atom stereocenters. The van der Waals surface area contributed by atoms with E-state index in [1.165, 1.54) is 12.3 Å². The molecule has 0 aromatic carbocycles. The number of rotatable bonds is 4. The number of aromatic carboxylic acids is 1. The molecule has 2 heterocycles. The van der Waals surface area contributed by atoms with Crippen molar-refractivity contribution in [2.24, 2.45) is 0 Å². The van der Waals surface area contributed by atoms with Crippen LogP contribution in [-0.2, 0) is 6.42 Å². The lowest BCUT2D eigenvalue weighted by atomic mass is 10.2. The van der Waals surface area contributed by atoms with Gasteiger partial charge in [0.25, 0.3) is 0 Å². The molecule has 17 heavy (non-hydrogen) atoms. The predicted molar refractivity (Wildman–Crippen MR) is 60.1 cm³/mol. The minimum Gasteiger partial charge on any atom is -0.478 e. The first-order chi connectivity index (χ1) is 8.24. The van der Waals surface area contributed by atoms with E-state index < -0.39 is 5.97 Å². The third kappa shape index (κ3) is 2.15. The van der Waals surface area contributed by atoms with Gasteiger partial charge < -0.3 is 5.11 Å². The summed E-state index contributed by atoms with van der Waals surface area (Å²) in [5.41, 5.74) is 0.121. The molecule has 2 rings (SSSR count). The molecule has 1 N–H and O–H groups in total. The highest BCUT2D eigenvalue weighted by Gasteiger charge is 2.15. The average molecular weight is 232 g/mol. The largest absolute Gasteiger partial charge is 0.478 e. The van der Waals surface area contributed by atoms with Crippen LogP contribution in [0, 0.1) is 0 Å². The van der Waals surface area contributed by atoms with Gasteiger partial charge in [0.2, 0.25) is 0 Å². The van der Waals surface area contributed by atoms with E-state index in [0.717, 1.165) is 18.7 Å². The van der Waals surface area contributed by atoms with Crippen LogP contribution < -0.4 is 0 Å². The smallest absolute Gasteiger partial charge is 0.339 e. The van der Waals surface area contributed by atoms with E-state index in [9.17, 15) is 4.79 Å². The molecule has 0 aliphatic rings. The minimum absolute atomic E-state index is 0.121. The first-order valence-corrected chi connectivity index (χ1v) is 5.31. The van der Waals surface area contributed by atoms with Crippen molar-refractivity contribution in [1.29, 1.82) is 0 Å². The number of nitrogens with zero attached hydrogens (tertiary/aromatic N) is 4. The zero-order chi connectivity index (χ0) is 12.3. The maximum Gasteiger partial charge on any atom is 0.339 e.